The van der Waals surface area contributed by atoms with Crippen molar-refractivity contribution in [2.24, 2.45) is 5.92 Å². The number of pyridine rings is 1. The van der Waals surface area contributed by atoms with Crippen molar-refractivity contribution in [2.75, 3.05) is 26.7 Å². The van der Waals surface area contributed by atoms with Gasteiger partial charge in [-0.25, -0.2) is 14.4 Å². The second-order valence-corrected chi connectivity index (χ2v) is 13.9. The standard InChI is InChI=1S/C39H37FN6O3/c1-21-42-18-32(49-21)30-19-46(37-24-15-31(37)43-17-24)38-29-14-23(8-5-11-41)33(28-16-26(47)13-22-7-3-4-10-27(22)28)35(40)36(29)44-39(34(30)38)48-20-25-9-6-12-45(25)2/h3-4,7,10,13-14,16,18-19,24-25,31,37,43,47H,5-6,8-9,12,15,17,20H2,1-2H3. The number of aryl methyl sites for hydroxylation is 2. The predicted octanol–water partition coefficient (Wildman–Crippen LogP) is 7.28. The van der Waals surface area contributed by atoms with Gasteiger partial charge in [-0.05, 0) is 85.3 Å². The number of nitrogens with one attached hydrogen (secondary N) is 1. The Morgan fingerprint density at radius 2 is 2.06 bits per heavy atom. The van der Waals surface area contributed by atoms with Crippen LogP contribution >= 0.6 is 0 Å². The molecule has 4 fully saturated rings. The molecule has 10 heteroatoms. The number of phenolic OH excluding ortho intramolecular Hbond substituents is 1. The molecule has 4 atom stereocenters. The Kier molecular flexibility index (Phi) is 7.11. The number of rotatable bonds is 8. The van der Waals surface area contributed by atoms with E-state index >= 15 is 4.39 Å². The van der Waals surface area contributed by atoms with Crippen LogP contribution in [0.5, 0.6) is 11.6 Å². The third kappa shape index (κ3) is 4.78. The molecule has 0 amide bonds. The van der Waals surface area contributed by atoms with Gasteiger partial charge in [0.05, 0.1) is 29.2 Å². The van der Waals surface area contributed by atoms with E-state index in [1.807, 2.05) is 37.3 Å². The van der Waals surface area contributed by atoms with E-state index in [0.29, 0.717) is 64.6 Å². The molecule has 3 aromatic heterocycles. The highest BCUT2D eigenvalue weighted by molar-refractivity contribution is 6.13. The van der Waals surface area contributed by atoms with E-state index in [2.05, 4.69) is 39.1 Å². The largest absolute Gasteiger partial charge is 0.508 e. The molecule has 1 saturated carbocycles. The van der Waals surface area contributed by atoms with Crippen LogP contribution in [-0.4, -0.2) is 63.4 Å². The summed E-state index contributed by atoms with van der Waals surface area (Å²) in [5.41, 5.74) is 3.45. The molecule has 2 bridgehead atoms. The lowest BCUT2D eigenvalue weighted by atomic mass is 9.80. The van der Waals surface area contributed by atoms with Crippen molar-refractivity contribution in [2.45, 2.75) is 57.2 Å². The minimum absolute atomic E-state index is 0.0429. The number of hydrogen-bond acceptors (Lipinski definition) is 8. The Bertz CT molecular complexity index is 2310. The van der Waals surface area contributed by atoms with E-state index in [0.717, 1.165) is 59.6 Å². The van der Waals surface area contributed by atoms with Crippen molar-refractivity contribution in [3.63, 3.8) is 0 Å². The van der Waals surface area contributed by atoms with Crippen molar-refractivity contribution < 1.29 is 18.7 Å². The summed E-state index contributed by atoms with van der Waals surface area (Å²) in [6.07, 6.45) is 7.60. The Balaban J connectivity index is 1.36. The van der Waals surface area contributed by atoms with Crippen molar-refractivity contribution in [3.8, 4) is 40.1 Å². The van der Waals surface area contributed by atoms with Crippen LogP contribution in [0.3, 0.4) is 0 Å². The third-order valence-electron chi connectivity index (χ3n) is 11.0. The van der Waals surface area contributed by atoms with Gasteiger partial charge in [-0.15, -0.1) is 0 Å². The van der Waals surface area contributed by atoms with Crippen LogP contribution in [0.4, 0.5) is 4.39 Å². The molecule has 2 N–H and O–H groups in total. The molecule has 248 valence electrons. The molecule has 4 unspecified atom stereocenters. The molecule has 0 spiro atoms. The number of hydrogen-bond donors (Lipinski definition) is 2. The number of benzene rings is 3. The number of fused-ring (bicyclic) bond motifs is 5. The van der Waals surface area contributed by atoms with Crippen molar-refractivity contribution >= 4 is 32.6 Å². The van der Waals surface area contributed by atoms with E-state index in [1.54, 1.807) is 18.3 Å². The highest BCUT2D eigenvalue weighted by Crippen LogP contribution is 2.50. The molecule has 49 heavy (non-hydrogen) atoms. The molecule has 0 radical (unpaired) electrons. The van der Waals surface area contributed by atoms with Gasteiger partial charge < -0.3 is 29.0 Å². The van der Waals surface area contributed by atoms with Gasteiger partial charge in [0, 0.05) is 54.7 Å². The number of aromatic nitrogens is 3. The lowest BCUT2D eigenvalue weighted by molar-refractivity contribution is 0.195. The first kappa shape index (κ1) is 30.1. The van der Waals surface area contributed by atoms with Crippen LogP contribution in [0.2, 0.25) is 0 Å². The van der Waals surface area contributed by atoms with Gasteiger partial charge in [-0.1, -0.05) is 24.3 Å². The molecule has 9 nitrogen and oxygen atoms in total. The number of aromatic hydroxyl groups is 1. The number of nitrogens with zero attached hydrogens (tertiary/aromatic N) is 5. The van der Waals surface area contributed by atoms with Gasteiger partial charge in [0.1, 0.15) is 17.9 Å². The molecule has 4 aliphatic rings. The quantitative estimate of drug-likeness (QED) is 0.176. The van der Waals surface area contributed by atoms with E-state index < -0.39 is 5.82 Å². The van der Waals surface area contributed by atoms with E-state index in [4.69, 9.17) is 14.1 Å². The summed E-state index contributed by atoms with van der Waals surface area (Å²) in [6.45, 7) is 4.19. The van der Waals surface area contributed by atoms with Crippen LogP contribution in [0.1, 0.15) is 43.2 Å². The summed E-state index contributed by atoms with van der Waals surface area (Å²) in [4.78, 5) is 11.7. The third-order valence-corrected chi connectivity index (χ3v) is 11.0. The molecule has 10 rings (SSSR count). The zero-order valence-corrected chi connectivity index (χ0v) is 27.5. The van der Waals surface area contributed by atoms with Crippen molar-refractivity contribution in [1.29, 1.82) is 5.26 Å². The predicted molar refractivity (Wildman–Crippen MR) is 186 cm³/mol. The summed E-state index contributed by atoms with van der Waals surface area (Å²) < 4.78 is 32.7. The van der Waals surface area contributed by atoms with Crippen molar-refractivity contribution in [1.82, 2.24) is 24.8 Å². The van der Waals surface area contributed by atoms with Crippen LogP contribution in [0.15, 0.2) is 59.3 Å². The smallest absolute Gasteiger partial charge is 0.224 e. The fourth-order valence-electron chi connectivity index (χ4n) is 8.58. The molecule has 3 aliphatic heterocycles. The average molecular weight is 657 g/mol. The maximum absolute atomic E-state index is 17.6. The van der Waals surface area contributed by atoms with Crippen LogP contribution in [-0.2, 0) is 6.42 Å². The van der Waals surface area contributed by atoms with Gasteiger partial charge >= 0.3 is 0 Å². The molecule has 3 aromatic carbocycles. The van der Waals surface area contributed by atoms with Gasteiger partial charge in [-0.2, -0.15) is 5.26 Å². The summed E-state index contributed by atoms with van der Waals surface area (Å²) in [6, 6.07) is 15.9. The number of nitriles is 1. The number of likely N-dealkylation sites (N-methyl/N-ethyl adjacent to an activating group) is 1. The first-order chi connectivity index (χ1) is 23.9. The highest BCUT2D eigenvalue weighted by Gasteiger charge is 2.48. The number of oxazole rings is 1. The van der Waals surface area contributed by atoms with Gasteiger partial charge in [0.2, 0.25) is 5.88 Å². The molecule has 6 heterocycles. The van der Waals surface area contributed by atoms with Crippen LogP contribution in [0, 0.1) is 30.0 Å². The van der Waals surface area contributed by atoms with Crippen LogP contribution < -0.4 is 10.1 Å². The minimum atomic E-state index is -0.495. The summed E-state index contributed by atoms with van der Waals surface area (Å²) in [7, 11) is 2.11. The summed E-state index contributed by atoms with van der Waals surface area (Å²) in [5.74, 6) is 1.52. The highest BCUT2D eigenvalue weighted by atomic mass is 19.1. The second-order valence-electron chi connectivity index (χ2n) is 13.9. The fourth-order valence-corrected chi connectivity index (χ4v) is 8.58. The van der Waals surface area contributed by atoms with E-state index in [-0.39, 0.29) is 29.8 Å². The number of halogens is 1. The second kappa shape index (κ2) is 11.6. The lowest BCUT2D eigenvalue weighted by Gasteiger charge is -2.36. The van der Waals surface area contributed by atoms with Gasteiger partial charge in [0.15, 0.2) is 17.5 Å². The fraction of sp³-hybridized carbons (Fsp3) is 0.359. The SMILES string of the molecule is Cc1ncc(-c2cn(C3C4CNC3C4)c3c2c(OCC2CCCN2C)nc2c(F)c(-c4cc(O)cc5ccccc45)c(CCC#N)cc23)o1. The minimum Gasteiger partial charge on any atom is -0.508 e. The van der Waals surface area contributed by atoms with Gasteiger partial charge in [-0.3, -0.25) is 0 Å². The molecule has 1 aliphatic carbocycles. The number of likely N-dealkylation sites (tertiary alicyclic amines) is 1. The zero-order chi connectivity index (χ0) is 33.4. The Morgan fingerprint density at radius 3 is 2.80 bits per heavy atom. The Labute approximate surface area is 282 Å². The summed E-state index contributed by atoms with van der Waals surface area (Å²) in [5, 5.41) is 27.1. The van der Waals surface area contributed by atoms with E-state index in [9.17, 15) is 10.4 Å². The first-order valence-electron chi connectivity index (χ1n) is 17.2. The normalized spacial score (nSPS) is 21.9. The zero-order valence-electron chi connectivity index (χ0n) is 27.5. The Hall–Kier alpha value is -4.98. The molecular formula is C39H37FN6O3. The maximum Gasteiger partial charge on any atom is 0.224 e. The lowest BCUT2D eigenvalue weighted by Crippen LogP contribution is -2.38. The van der Waals surface area contributed by atoms with Crippen molar-refractivity contribution in [3.05, 3.63) is 72.1 Å². The maximum atomic E-state index is 17.6. The summed E-state index contributed by atoms with van der Waals surface area (Å²) >= 11 is 0. The molecule has 6 aromatic rings. The van der Waals surface area contributed by atoms with E-state index in [1.165, 1.54) is 0 Å². The number of ether oxygens (including phenoxy) is 1. The molecule has 3 saturated heterocycles. The first-order valence-corrected chi connectivity index (χ1v) is 17.2. The Morgan fingerprint density at radius 1 is 1.18 bits per heavy atom. The molecular weight excluding hydrogens is 619 g/mol. The average Bonchev–Trinajstić information content (AvgIpc) is 3.93. The number of phenols is 1. The van der Waals surface area contributed by atoms with Crippen LogP contribution in [0.25, 0.3) is 55.0 Å². The van der Waals surface area contributed by atoms with Gasteiger partial charge in [0.25, 0.3) is 0 Å². The monoisotopic (exact) mass is 656 g/mol. The topological polar surface area (TPSA) is 112 Å².